The topological polar surface area (TPSA) is 90.9 Å². The van der Waals surface area contributed by atoms with Gasteiger partial charge in [-0.25, -0.2) is 0 Å². The van der Waals surface area contributed by atoms with Crippen molar-refractivity contribution in [2.24, 2.45) is 0 Å². The minimum Gasteiger partial charge on any atom is -0.463 e. The second-order valence-electron chi connectivity index (χ2n) is 5.20. The number of ether oxygens (including phenoxy) is 3. The summed E-state index contributed by atoms with van der Waals surface area (Å²) in [5, 5.41) is 2.70. The first-order chi connectivity index (χ1) is 11.5. The molecule has 0 radical (unpaired) electrons. The van der Waals surface area contributed by atoms with E-state index < -0.39 is 30.4 Å². The van der Waals surface area contributed by atoms with Crippen molar-refractivity contribution in [3.63, 3.8) is 0 Å². The van der Waals surface area contributed by atoms with Crippen molar-refractivity contribution < 1.29 is 28.6 Å². The molecular formula is C17H19NO6. The molecule has 2 rings (SSSR count). The molecule has 3 atom stereocenters. The van der Waals surface area contributed by atoms with Gasteiger partial charge in [0.1, 0.15) is 25.0 Å². The van der Waals surface area contributed by atoms with Gasteiger partial charge < -0.3 is 19.5 Å². The van der Waals surface area contributed by atoms with Crippen molar-refractivity contribution in [3.05, 3.63) is 48.0 Å². The maximum atomic E-state index is 12.1. The van der Waals surface area contributed by atoms with Gasteiger partial charge in [0.2, 0.25) is 0 Å². The van der Waals surface area contributed by atoms with E-state index in [9.17, 15) is 14.4 Å². The third-order valence-corrected chi connectivity index (χ3v) is 3.23. The van der Waals surface area contributed by atoms with Crippen LogP contribution in [0.1, 0.15) is 24.2 Å². The van der Waals surface area contributed by atoms with Gasteiger partial charge in [0.15, 0.2) is 0 Å². The molecule has 0 saturated heterocycles. The number of amides is 1. The lowest BCUT2D eigenvalue weighted by Gasteiger charge is -2.31. The first-order valence-electron chi connectivity index (χ1n) is 7.46. The van der Waals surface area contributed by atoms with Crippen LogP contribution in [0.5, 0.6) is 0 Å². The molecular weight excluding hydrogens is 314 g/mol. The second kappa shape index (κ2) is 8.26. The zero-order valence-corrected chi connectivity index (χ0v) is 13.4. The van der Waals surface area contributed by atoms with Crippen molar-refractivity contribution in [1.29, 1.82) is 0 Å². The number of nitrogens with one attached hydrogen (secondary N) is 1. The quantitative estimate of drug-likeness (QED) is 0.643. The third-order valence-electron chi connectivity index (χ3n) is 3.23. The van der Waals surface area contributed by atoms with Crippen LogP contribution in [0.3, 0.4) is 0 Å². The highest BCUT2D eigenvalue weighted by Crippen LogP contribution is 2.16. The molecule has 1 amide bonds. The van der Waals surface area contributed by atoms with Gasteiger partial charge in [0.05, 0.1) is 0 Å². The van der Waals surface area contributed by atoms with E-state index >= 15 is 0 Å². The molecule has 0 unspecified atom stereocenters. The molecule has 0 fully saturated rings. The van der Waals surface area contributed by atoms with Crippen molar-refractivity contribution >= 4 is 17.8 Å². The molecule has 128 valence electrons. The Hall–Kier alpha value is -2.67. The number of carbonyl (C=O) groups excluding carboxylic acids is 3. The predicted molar refractivity (Wildman–Crippen MR) is 83.9 cm³/mol. The minimum absolute atomic E-state index is 0.0880. The maximum Gasteiger partial charge on any atom is 0.303 e. The summed E-state index contributed by atoms with van der Waals surface area (Å²) < 4.78 is 15.7. The largest absolute Gasteiger partial charge is 0.463 e. The molecule has 1 N–H and O–H groups in total. The fraction of sp³-hybridized carbons (Fsp3) is 0.353. The average Bonchev–Trinajstić information content (AvgIpc) is 2.55. The Morgan fingerprint density at radius 3 is 2.42 bits per heavy atom. The fourth-order valence-electron chi connectivity index (χ4n) is 2.17. The van der Waals surface area contributed by atoms with Crippen LogP contribution < -0.4 is 5.32 Å². The molecule has 24 heavy (non-hydrogen) atoms. The number of carbonyl (C=O) groups is 3. The summed E-state index contributed by atoms with van der Waals surface area (Å²) >= 11 is 0. The van der Waals surface area contributed by atoms with Gasteiger partial charge >= 0.3 is 11.9 Å². The van der Waals surface area contributed by atoms with Gasteiger partial charge in [-0.05, 0) is 24.3 Å². The van der Waals surface area contributed by atoms with Crippen LogP contribution in [0, 0.1) is 0 Å². The van der Waals surface area contributed by atoms with Gasteiger partial charge in [0.25, 0.3) is 5.91 Å². The van der Waals surface area contributed by atoms with Crippen LogP contribution in [0.4, 0.5) is 0 Å². The molecule has 0 saturated carbocycles. The van der Waals surface area contributed by atoms with Crippen LogP contribution in [0.15, 0.2) is 42.5 Å². The number of rotatable bonds is 5. The summed E-state index contributed by atoms with van der Waals surface area (Å²) in [6.07, 6.45) is 1.08. The molecule has 1 aromatic carbocycles. The Morgan fingerprint density at radius 2 is 1.79 bits per heavy atom. The zero-order chi connectivity index (χ0) is 17.5. The lowest BCUT2D eigenvalue weighted by Crippen LogP contribution is -2.47. The van der Waals surface area contributed by atoms with E-state index in [0.29, 0.717) is 5.56 Å². The van der Waals surface area contributed by atoms with E-state index in [1.807, 2.05) is 6.07 Å². The predicted octanol–water partition coefficient (Wildman–Crippen LogP) is 1.19. The lowest BCUT2D eigenvalue weighted by molar-refractivity contribution is -0.164. The fourth-order valence-corrected chi connectivity index (χ4v) is 2.17. The van der Waals surface area contributed by atoms with E-state index in [-0.39, 0.29) is 12.5 Å². The first-order valence-corrected chi connectivity index (χ1v) is 7.46. The monoisotopic (exact) mass is 333 g/mol. The van der Waals surface area contributed by atoms with Crippen molar-refractivity contribution in [2.75, 3.05) is 6.61 Å². The Balaban J connectivity index is 2.02. The maximum absolute atomic E-state index is 12.1. The number of esters is 2. The Bertz CT molecular complexity index is 627. The molecule has 1 aromatic rings. The summed E-state index contributed by atoms with van der Waals surface area (Å²) in [4.78, 5) is 34.3. The zero-order valence-electron chi connectivity index (χ0n) is 13.4. The SMILES string of the molecule is CC(=O)OC[C@H]1O[C@H](NC(=O)c2ccccc2)C=C[C@@H]1OC(C)=O. The molecule has 0 aliphatic carbocycles. The molecule has 0 spiro atoms. The Labute approximate surface area is 139 Å². The van der Waals surface area contributed by atoms with E-state index in [4.69, 9.17) is 14.2 Å². The van der Waals surface area contributed by atoms with Crippen molar-refractivity contribution in [1.82, 2.24) is 5.32 Å². The highest BCUT2D eigenvalue weighted by Gasteiger charge is 2.31. The van der Waals surface area contributed by atoms with Crippen LogP contribution in [0.25, 0.3) is 0 Å². The number of hydrogen-bond donors (Lipinski definition) is 1. The van der Waals surface area contributed by atoms with Gasteiger partial charge in [0, 0.05) is 19.4 Å². The molecule has 1 heterocycles. The van der Waals surface area contributed by atoms with E-state index in [2.05, 4.69) is 5.32 Å². The average molecular weight is 333 g/mol. The van der Waals surface area contributed by atoms with E-state index in [1.165, 1.54) is 13.8 Å². The lowest BCUT2D eigenvalue weighted by atomic mass is 10.1. The van der Waals surface area contributed by atoms with Gasteiger partial charge in [-0.3, -0.25) is 14.4 Å². The summed E-state index contributed by atoms with van der Waals surface area (Å²) in [5.41, 5.74) is 0.494. The normalized spacial score (nSPS) is 22.5. The van der Waals surface area contributed by atoms with Crippen LogP contribution in [0.2, 0.25) is 0 Å². The minimum atomic E-state index is -0.718. The first kappa shape index (κ1) is 17.7. The van der Waals surface area contributed by atoms with Crippen LogP contribution in [-0.2, 0) is 23.8 Å². The Morgan fingerprint density at radius 1 is 1.08 bits per heavy atom. The molecule has 0 aromatic heterocycles. The number of hydrogen-bond acceptors (Lipinski definition) is 6. The van der Waals surface area contributed by atoms with Crippen molar-refractivity contribution in [2.45, 2.75) is 32.3 Å². The Kier molecular flexibility index (Phi) is 6.08. The van der Waals surface area contributed by atoms with Crippen molar-refractivity contribution in [3.8, 4) is 0 Å². The molecule has 1 aliphatic heterocycles. The molecule has 0 bridgehead atoms. The molecule has 1 aliphatic rings. The summed E-state index contributed by atoms with van der Waals surface area (Å²) in [6.45, 7) is 2.46. The summed E-state index contributed by atoms with van der Waals surface area (Å²) in [6, 6.07) is 8.69. The highest BCUT2D eigenvalue weighted by atomic mass is 16.6. The van der Waals surface area contributed by atoms with Gasteiger partial charge in [-0.2, -0.15) is 0 Å². The number of benzene rings is 1. The van der Waals surface area contributed by atoms with Gasteiger partial charge in [-0.15, -0.1) is 0 Å². The molecule has 7 heteroatoms. The smallest absolute Gasteiger partial charge is 0.303 e. The van der Waals surface area contributed by atoms with Crippen LogP contribution in [-0.4, -0.2) is 42.9 Å². The molecule has 7 nitrogen and oxygen atoms in total. The summed E-state index contributed by atoms with van der Waals surface area (Å²) in [7, 11) is 0. The highest BCUT2D eigenvalue weighted by molar-refractivity contribution is 5.94. The second-order valence-corrected chi connectivity index (χ2v) is 5.20. The van der Waals surface area contributed by atoms with E-state index in [0.717, 1.165) is 0 Å². The summed E-state index contributed by atoms with van der Waals surface area (Å²) in [5.74, 6) is -1.25. The third kappa shape index (κ3) is 5.20. The van der Waals surface area contributed by atoms with E-state index in [1.54, 1.807) is 36.4 Å². The standard InChI is InChI=1S/C17H19NO6/c1-11(19)22-10-15-14(23-12(2)20)8-9-16(24-15)18-17(21)13-6-4-3-5-7-13/h3-9,14-16H,10H2,1-2H3,(H,18,21)/t14-,15+,16-/m0/s1. The van der Waals surface area contributed by atoms with Gasteiger partial charge in [-0.1, -0.05) is 18.2 Å². The van der Waals surface area contributed by atoms with Crippen LogP contribution >= 0.6 is 0 Å².